The molecule has 10 aromatic carbocycles. The third-order valence-electron chi connectivity index (χ3n) is 19.8. The zero-order chi connectivity index (χ0) is 85.8. The first-order chi connectivity index (χ1) is 54.9. The zero-order valence-corrected chi connectivity index (χ0v) is 73.9. The Morgan fingerprint density at radius 3 is 0.776 bits per heavy atom. The summed E-state index contributed by atoms with van der Waals surface area (Å²) in [5.74, 6) is -19.0. The van der Waals surface area contributed by atoms with Crippen LogP contribution in [0.15, 0.2) is 177 Å². The number of aryl methyl sites for hydroxylation is 16. The minimum atomic E-state index is -2.17. The van der Waals surface area contributed by atoms with E-state index in [1.165, 1.54) is 77.9 Å². The molecule has 0 fully saturated rings. The molecule has 0 unspecified atom stereocenters. The van der Waals surface area contributed by atoms with Crippen molar-refractivity contribution in [2.24, 2.45) is 6.99 Å². The molecule has 0 saturated heterocycles. The number of phenolic OH excluding ortho intramolecular Hbond substituents is 2. The normalized spacial score (nSPS) is 10.9. The first-order valence-electron chi connectivity index (χ1n) is 38.7. The van der Waals surface area contributed by atoms with Crippen molar-refractivity contribution in [3.8, 4) is 56.0 Å². The molecule has 18 heteroatoms. The van der Waals surface area contributed by atoms with Crippen LogP contribution in [0.3, 0.4) is 0 Å². The quantitative estimate of drug-likeness (QED) is 0.0436. The van der Waals surface area contributed by atoms with Gasteiger partial charge in [0, 0.05) is 22.3 Å². The smallest absolute Gasteiger partial charge is 0.131 e. The molecule has 0 saturated carbocycles. The van der Waals surface area contributed by atoms with Gasteiger partial charge in [0.1, 0.15) is 11.5 Å². The molecule has 0 aliphatic rings. The predicted molar refractivity (Wildman–Crippen MR) is 449 cm³/mol. The van der Waals surface area contributed by atoms with E-state index < -0.39 is 116 Å². The molecule has 0 aliphatic carbocycles. The molecule has 2 N–H and O–H groups in total. The van der Waals surface area contributed by atoms with Gasteiger partial charge < -0.3 is 20.2 Å². The summed E-state index contributed by atoms with van der Waals surface area (Å²) < 4.78 is 143. The van der Waals surface area contributed by atoms with Gasteiger partial charge in [-0.25, -0.2) is 0 Å². The van der Waals surface area contributed by atoms with Crippen LogP contribution in [0.4, 0.5) is 55.3 Å². The first-order valence-corrected chi connectivity index (χ1v) is 42.8. The summed E-state index contributed by atoms with van der Waals surface area (Å²) in [7, 11) is 0. The molecule has 12 aromatic rings. The Hall–Kier alpha value is -9.62. The average Bonchev–Trinajstić information content (AvgIpc) is 0.809. The fraction of sp³-hybridized carbons (Fsp3) is 0.286. The van der Waals surface area contributed by atoms with Crippen molar-refractivity contribution in [1.29, 1.82) is 0 Å². The SMILES string of the molecule is CC(C)([CH]=[Mo]=[N]c1c(F)c(F)c(F)c(F)c1F)c1ccccc1.CC(C)([CH]=[Mo]=[N]c1c(F)c(F)c(F)c(F)c1F)c1ccccc1.CCc1cc(CC)c(-c2cccc(-c3c(CC)cc(CC)cc3CC)c2O)c(CC)c1.Cc1cc(C)c(-c2cccc(-c3c(C)cc(C)cc3C)c2O)c(C)c1.Cc1ccc(C)[n-]1.Cc1ccc(C)[n-]1. The topological polar surface area (TPSA) is 93.4 Å². The molecule has 0 spiro atoms. The predicted octanol–water partition coefficient (Wildman–Crippen LogP) is 27.3. The van der Waals surface area contributed by atoms with Crippen molar-refractivity contribution in [1.82, 2.24) is 9.97 Å². The molecule has 612 valence electrons. The van der Waals surface area contributed by atoms with Crippen LogP contribution in [0, 0.1) is 127 Å². The van der Waals surface area contributed by atoms with Crippen LogP contribution < -0.4 is 9.97 Å². The molecule has 6 nitrogen and oxygen atoms in total. The Morgan fingerprint density at radius 1 is 0.310 bits per heavy atom. The van der Waals surface area contributed by atoms with E-state index in [9.17, 15) is 54.1 Å². The van der Waals surface area contributed by atoms with E-state index >= 15 is 0 Å². The van der Waals surface area contributed by atoms with Gasteiger partial charge >= 0.3 is 275 Å². The number of benzene rings is 10. The molecule has 2 heterocycles. The fourth-order valence-corrected chi connectivity index (χ4v) is 17.4. The van der Waals surface area contributed by atoms with Crippen LogP contribution in [0.5, 0.6) is 11.5 Å². The van der Waals surface area contributed by atoms with Gasteiger partial charge in [-0.1, -0.05) is 190 Å². The van der Waals surface area contributed by atoms with E-state index in [4.69, 9.17) is 0 Å². The Balaban J connectivity index is 0.000000203. The number of hydrogen-bond acceptors (Lipinski definition) is 4. The summed E-state index contributed by atoms with van der Waals surface area (Å²) >= 11 is -2.94. The maximum atomic E-state index is 13.5. The Labute approximate surface area is 694 Å². The molecule has 0 amide bonds. The fourth-order valence-electron chi connectivity index (χ4n) is 13.8. The van der Waals surface area contributed by atoms with Crippen molar-refractivity contribution < 1.29 is 90.0 Å². The number of aromatic nitrogens is 2. The number of para-hydroxylation sites is 2. The van der Waals surface area contributed by atoms with Gasteiger partial charge in [-0.15, -0.1) is 0 Å². The number of hydrogen-bond donors (Lipinski definition) is 2. The third kappa shape index (κ3) is 23.4. The second-order valence-electron chi connectivity index (χ2n) is 29.7. The molecule has 0 atom stereocenters. The molecular formula is C98H104F10Mo2N4O2-2. The maximum Gasteiger partial charge on any atom is 0.131 e. The summed E-state index contributed by atoms with van der Waals surface area (Å²) in [4.78, 5) is 8.22. The summed E-state index contributed by atoms with van der Waals surface area (Å²) in [5.41, 5.74) is 27.2. The van der Waals surface area contributed by atoms with Gasteiger partial charge in [0.25, 0.3) is 0 Å². The van der Waals surface area contributed by atoms with E-state index in [1.54, 1.807) is 8.80 Å². The van der Waals surface area contributed by atoms with Crippen molar-refractivity contribution in [2.45, 2.75) is 188 Å². The van der Waals surface area contributed by atoms with Crippen LogP contribution in [0.2, 0.25) is 0 Å². The van der Waals surface area contributed by atoms with E-state index in [-0.39, 0.29) is 0 Å². The number of phenols is 2. The van der Waals surface area contributed by atoms with Crippen LogP contribution in [0.25, 0.3) is 44.5 Å². The van der Waals surface area contributed by atoms with Crippen LogP contribution >= 0.6 is 0 Å². The molecule has 2 aromatic heterocycles. The van der Waals surface area contributed by atoms with Crippen molar-refractivity contribution >= 4 is 20.2 Å². The van der Waals surface area contributed by atoms with E-state index in [1.807, 2.05) is 159 Å². The van der Waals surface area contributed by atoms with Crippen molar-refractivity contribution in [3.05, 3.63) is 329 Å². The molecule has 116 heavy (non-hydrogen) atoms. The minimum absolute atomic E-state index is 0.368. The molecular weight excluding hydrogens is 1650 g/mol. The summed E-state index contributed by atoms with van der Waals surface area (Å²) in [5, 5.41) is 22.8. The number of rotatable bonds is 16. The monoisotopic (exact) mass is 1750 g/mol. The van der Waals surface area contributed by atoms with Gasteiger partial charge in [-0.05, 0) is 158 Å². The number of nitrogens with zero attached hydrogens (tertiary/aromatic N) is 4. The number of halogens is 10. The standard InChI is InChI=1S/C30H38O.C24H26O.2C10H12.2C6F5N.2C6H8N.2Mo/c1-7-20-16-22(9-3)28(23(10-4)17-20)26-14-13-15-27(30(26)31)29-24(11-5)18-21(8-2)19-25(29)12-6;1-14-10-16(3)22(17(4)11-14)20-8-7-9-21(24(20)25)23-18(5)12-15(2)13-19(23)6;2*1-10(2,3)9-7-5-4-6-8-9;2*7-1-2(8)4(10)6(12)5(11)3(1)9;2*1-5-3-4-6(2)7-5;;/h13-19,31H,7-12H2,1-6H3;7-13,25H,1-6H3;2*1,4-8H,2-3H3;;;2*3-4H,1-2H3;;/q;;;;;;2*-1;;. The van der Waals surface area contributed by atoms with Crippen LogP contribution in [-0.2, 0) is 85.2 Å². The average molecular weight is 1750 g/mol. The molecule has 0 radical (unpaired) electrons. The van der Waals surface area contributed by atoms with Crippen LogP contribution in [-0.4, -0.2) is 19.0 Å². The Morgan fingerprint density at radius 2 is 0.552 bits per heavy atom. The van der Waals surface area contributed by atoms with E-state index in [0.717, 1.165) is 106 Å². The van der Waals surface area contributed by atoms with Crippen LogP contribution in [0.1, 0.15) is 170 Å². The van der Waals surface area contributed by atoms with Gasteiger partial charge in [0.15, 0.2) is 0 Å². The first kappa shape index (κ1) is 93.5. The Kier molecular flexibility index (Phi) is 34.3. The summed E-state index contributed by atoms with van der Waals surface area (Å²) in [6.07, 6.45) is 5.93. The van der Waals surface area contributed by atoms with Gasteiger partial charge in [0.05, 0.1) is 0 Å². The number of aromatic hydroxyl groups is 2. The molecule has 0 bridgehead atoms. The van der Waals surface area contributed by atoms with E-state index in [0.29, 0.717) is 11.5 Å². The largest absolute Gasteiger partial charge is 0.665 e. The summed E-state index contributed by atoms with van der Waals surface area (Å²) in [6, 6.07) is 57.1. The van der Waals surface area contributed by atoms with Crippen molar-refractivity contribution in [2.75, 3.05) is 0 Å². The minimum Gasteiger partial charge on any atom is -0.665 e. The molecule has 0 aliphatic heterocycles. The van der Waals surface area contributed by atoms with Gasteiger partial charge in [0.2, 0.25) is 0 Å². The third-order valence-corrected chi connectivity index (χ3v) is 24.6. The maximum absolute atomic E-state index is 13.5. The molecule has 12 rings (SSSR count). The second kappa shape index (κ2) is 42.5. The zero-order valence-electron chi connectivity index (χ0n) is 69.8. The Bertz CT molecular complexity index is 5060. The summed E-state index contributed by atoms with van der Waals surface area (Å²) in [6.45, 7) is 41.5. The van der Waals surface area contributed by atoms with Crippen molar-refractivity contribution in [3.63, 3.8) is 0 Å². The van der Waals surface area contributed by atoms with Gasteiger partial charge in [-0.3, -0.25) is 0 Å². The second-order valence-corrected chi connectivity index (χ2v) is 32.8. The van der Waals surface area contributed by atoms with E-state index in [2.05, 4.69) is 167 Å². The van der Waals surface area contributed by atoms with Gasteiger partial charge in [-0.2, -0.15) is 22.8 Å².